The first-order valence-corrected chi connectivity index (χ1v) is 10.4. The van der Waals surface area contributed by atoms with E-state index in [2.05, 4.69) is 15.2 Å². The molecule has 0 aliphatic heterocycles. The Morgan fingerprint density at radius 2 is 1.56 bits per heavy atom. The monoisotopic (exact) mass is 462 g/mol. The number of ether oxygens (including phenoxy) is 2. The van der Waals surface area contributed by atoms with Crippen LogP contribution >= 0.6 is 23.8 Å². The Morgan fingerprint density at radius 1 is 0.844 bits per heavy atom. The van der Waals surface area contributed by atoms with Gasteiger partial charge in [0, 0.05) is 22.8 Å². The molecule has 32 heavy (non-hydrogen) atoms. The van der Waals surface area contributed by atoms with Crippen LogP contribution in [0.2, 0.25) is 5.02 Å². The molecule has 0 radical (unpaired) electrons. The minimum absolute atomic E-state index is 0.0879. The third kappa shape index (κ3) is 4.12. The van der Waals surface area contributed by atoms with Crippen LogP contribution in [0.4, 0.5) is 0 Å². The Balaban J connectivity index is 2.14. The highest BCUT2D eigenvalue weighted by atomic mass is 35.5. The second-order valence-corrected chi connectivity index (χ2v) is 7.66. The molecule has 4 aromatic rings. The molecule has 8 heteroatoms. The van der Waals surface area contributed by atoms with Crippen molar-refractivity contribution in [2.45, 2.75) is 0 Å². The second-order valence-electron chi connectivity index (χ2n) is 6.82. The van der Waals surface area contributed by atoms with Crippen molar-refractivity contribution in [2.75, 3.05) is 14.2 Å². The molecule has 2 aromatic carbocycles. The lowest BCUT2D eigenvalue weighted by Gasteiger charge is -2.18. The van der Waals surface area contributed by atoms with E-state index in [4.69, 9.17) is 39.0 Å². The Labute approximate surface area is 196 Å². The zero-order chi connectivity index (χ0) is 22.7. The number of hydrogen-bond acceptors (Lipinski definition) is 6. The van der Waals surface area contributed by atoms with E-state index in [1.165, 1.54) is 0 Å². The van der Waals surface area contributed by atoms with Gasteiger partial charge in [0.1, 0.15) is 27.9 Å². The van der Waals surface area contributed by atoms with Gasteiger partial charge in [-0.1, -0.05) is 66.3 Å². The quantitative estimate of drug-likeness (QED) is 0.395. The summed E-state index contributed by atoms with van der Waals surface area (Å²) < 4.78 is 10.7. The predicted octanol–water partition coefficient (Wildman–Crippen LogP) is 5.18. The Kier molecular flexibility index (Phi) is 6.30. The summed E-state index contributed by atoms with van der Waals surface area (Å²) in [5.41, 5.74) is 10.5. The van der Waals surface area contributed by atoms with E-state index >= 15 is 0 Å². The van der Waals surface area contributed by atoms with Crippen molar-refractivity contribution in [3.63, 3.8) is 0 Å². The predicted molar refractivity (Wildman–Crippen MR) is 130 cm³/mol. The fourth-order valence-electron chi connectivity index (χ4n) is 3.41. The molecule has 6 nitrogen and oxygen atoms in total. The number of pyridine rings is 1. The summed E-state index contributed by atoms with van der Waals surface area (Å²) in [5, 5.41) is 9.24. The van der Waals surface area contributed by atoms with Gasteiger partial charge in [-0.3, -0.25) is 4.98 Å². The van der Waals surface area contributed by atoms with Crippen LogP contribution in [0, 0.1) is 0 Å². The Morgan fingerprint density at radius 3 is 2.22 bits per heavy atom. The highest BCUT2D eigenvalue weighted by molar-refractivity contribution is 7.80. The highest BCUT2D eigenvalue weighted by Gasteiger charge is 2.25. The number of nitrogens with two attached hydrogens (primary N) is 1. The van der Waals surface area contributed by atoms with Gasteiger partial charge in [-0.15, -0.1) is 10.2 Å². The van der Waals surface area contributed by atoms with Gasteiger partial charge in [0.25, 0.3) is 0 Å². The highest BCUT2D eigenvalue weighted by Crippen LogP contribution is 2.42. The average Bonchev–Trinajstić information content (AvgIpc) is 2.83. The summed E-state index contributed by atoms with van der Waals surface area (Å²) in [4.78, 5) is 4.64. The van der Waals surface area contributed by atoms with Crippen molar-refractivity contribution >= 4 is 28.8 Å². The van der Waals surface area contributed by atoms with E-state index in [9.17, 15) is 0 Å². The van der Waals surface area contributed by atoms with Crippen LogP contribution < -0.4 is 15.2 Å². The number of benzene rings is 2. The topological polar surface area (TPSA) is 83.2 Å². The summed E-state index contributed by atoms with van der Waals surface area (Å²) in [7, 11) is 3.17. The molecule has 4 rings (SSSR count). The third-order valence-electron chi connectivity index (χ3n) is 4.90. The van der Waals surface area contributed by atoms with Crippen molar-refractivity contribution in [2.24, 2.45) is 5.73 Å². The van der Waals surface area contributed by atoms with Crippen molar-refractivity contribution in [1.82, 2.24) is 15.2 Å². The Hall–Kier alpha value is -3.55. The zero-order valence-electron chi connectivity index (χ0n) is 17.4. The molecule has 160 valence electrons. The lowest BCUT2D eigenvalue weighted by atomic mass is 9.92. The molecule has 0 fully saturated rings. The summed E-state index contributed by atoms with van der Waals surface area (Å²) in [6, 6.07) is 19.0. The second kappa shape index (κ2) is 9.30. The maximum atomic E-state index is 6.64. The smallest absolute Gasteiger partial charge is 0.138 e. The maximum Gasteiger partial charge on any atom is 0.138 e. The average molecular weight is 463 g/mol. The van der Waals surface area contributed by atoms with Gasteiger partial charge in [-0.2, -0.15) is 0 Å². The van der Waals surface area contributed by atoms with Crippen LogP contribution in [0.1, 0.15) is 5.69 Å². The van der Waals surface area contributed by atoms with Crippen LogP contribution in [-0.2, 0) is 0 Å². The van der Waals surface area contributed by atoms with Gasteiger partial charge in [-0.05, 0) is 17.7 Å². The first-order valence-electron chi connectivity index (χ1n) is 9.63. The van der Waals surface area contributed by atoms with Crippen molar-refractivity contribution < 1.29 is 9.47 Å². The number of halogens is 1. The maximum absolute atomic E-state index is 6.64. The lowest BCUT2D eigenvalue weighted by molar-refractivity contribution is 0.413. The first kappa shape index (κ1) is 21.7. The van der Waals surface area contributed by atoms with Crippen LogP contribution in [0.3, 0.4) is 0 Å². The number of thiocarbonyl (C=S) groups is 1. The molecule has 0 saturated heterocycles. The van der Waals surface area contributed by atoms with E-state index in [1.54, 1.807) is 26.5 Å². The number of nitrogens with zero attached hydrogens (tertiary/aromatic N) is 3. The van der Waals surface area contributed by atoms with Gasteiger partial charge in [0.15, 0.2) is 0 Å². The minimum atomic E-state index is 0.0879. The molecular weight excluding hydrogens is 444 g/mol. The number of methoxy groups -OCH3 is 2. The molecular formula is C24H19ClN4O2S. The van der Waals surface area contributed by atoms with Crippen molar-refractivity contribution in [3.05, 3.63) is 77.6 Å². The molecule has 0 amide bonds. The number of hydrogen-bond donors (Lipinski definition) is 1. The van der Waals surface area contributed by atoms with E-state index in [1.807, 2.05) is 54.6 Å². The third-order valence-corrected chi connectivity index (χ3v) is 5.38. The zero-order valence-corrected chi connectivity index (χ0v) is 18.9. The largest absolute Gasteiger partial charge is 0.497 e. The van der Waals surface area contributed by atoms with E-state index in [0.29, 0.717) is 39.2 Å². The van der Waals surface area contributed by atoms with E-state index in [-0.39, 0.29) is 4.99 Å². The molecule has 0 aliphatic carbocycles. The van der Waals surface area contributed by atoms with Gasteiger partial charge in [0.2, 0.25) is 0 Å². The molecule has 2 aromatic heterocycles. The van der Waals surface area contributed by atoms with Crippen LogP contribution in [0.25, 0.3) is 33.6 Å². The van der Waals surface area contributed by atoms with E-state index < -0.39 is 0 Å². The summed E-state index contributed by atoms with van der Waals surface area (Å²) in [6.45, 7) is 0. The number of rotatable bonds is 6. The van der Waals surface area contributed by atoms with Crippen molar-refractivity contribution in [3.8, 4) is 45.1 Å². The van der Waals surface area contributed by atoms with Crippen LogP contribution in [0.5, 0.6) is 11.5 Å². The molecule has 0 atom stereocenters. The van der Waals surface area contributed by atoms with Gasteiger partial charge in [-0.25, -0.2) is 0 Å². The Bertz CT molecular complexity index is 1300. The molecule has 0 spiro atoms. The number of aromatic nitrogens is 3. The standard InChI is InChI=1S/C24H19ClN4O2S/c1-30-16-10-6-9-15(11-16)19-20(22-18(25)12-17(31-2)13-27-22)23(24(26)32)29-28-21(19)14-7-4-3-5-8-14/h3-13H,1-2H3,(H2,26,32). The molecule has 0 aliphatic rings. The minimum Gasteiger partial charge on any atom is -0.497 e. The molecule has 2 N–H and O–H groups in total. The molecule has 0 bridgehead atoms. The molecule has 2 heterocycles. The van der Waals surface area contributed by atoms with Crippen LogP contribution in [0.15, 0.2) is 66.9 Å². The lowest BCUT2D eigenvalue weighted by Crippen LogP contribution is -2.16. The summed E-state index contributed by atoms with van der Waals surface area (Å²) in [6.07, 6.45) is 1.59. The van der Waals surface area contributed by atoms with Gasteiger partial charge < -0.3 is 15.2 Å². The normalized spacial score (nSPS) is 10.6. The summed E-state index contributed by atoms with van der Waals surface area (Å²) >= 11 is 12.0. The molecule has 0 unspecified atom stereocenters. The van der Waals surface area contributed by atoms with Gasteiger partial charge >= 0.3 is 0 Å². The summed E-state index contributed by atoms with van der Waals surface area (Å²) in [5.74, 6) is 1.22. The fraction of sp³-hybridized carbons (Fsp3) is 0.0833. The first-order chi connectivity index (χ1) is 15.5. The van der Waals surface area contributed by atoms with Crippen LogP contribution in [-0.4, -0.2) is 34.4 Å². The van der Waals surface area contributed by atoms with Crippen molar-refractivity contribution in [1.29, 1.82) is 0 Å². The molecule has 0 saturated carbocycles. The fourth-order valence-corrected chi connectivity index (χ4v) is 3.81. The van der Waals surface area contributed by atoms with E-state index in [0.717, 1.165) is 16.7 Å². The van der Waals surface area contributed by atoms with Gasteiger partial charge in [0.05, 0.1) is 31.1 Å². The SMILES string of the molecule is COc1cccc(-c2c(-c3ccccc3)nnc(C(N)=S)c2-c2ncc(OC)cc2Cl)c1.